The zero-order valence-corrected chi connectivity index (χ0v) is 17.7. The maximum absolute atomic E-state index is 12.4. The molecule has 4 aromatic rings. The highest BCUT2D eigenvalue weighted by Crippen LogP contribution is 2.29. The third-order valence-corrected chi connectivity index (χ3v) is 6.95. The average Bonchev–Trinajstić information content (AvgIpc) is 3.14. The summed E-state index contributed by atoms with van der Waals surface area (Å²) in [5.74, 6) is 7.76. The first kappa shape index (κ1) is 18.2. The summed E-state index contributed by atoms with van der Waals surface area (Å²) in [7, 11) is 0. The van der Waals surface area contributed by atoms with E-state index in [2.05, 4.69) is 36.1 Å². The van der Waals surface area contributed by atoms with Crippen LogP contribution < -0.4 is 11.4 Å². The Morgan fingerprint density at radius 1 is 1.30 bits per heavy atom. The molecule has 0 amide bonds. The fourth-order valence-electron chi connectivity index (χ4n) is 2.70. The van der Waals surface area contributed by atoms with Crippen molar-refractivity contribution in [2.24, 2.45) is 0 Å². The molecule has 138 valence electrons. The lowest BCUT2D eigenvalue weighted by Gasteiger charge is -2.05. The number of nitrogens with one attached hydrogen (secondary N) is 1. The number of H-pyrrole nitrogens is 1. The molecule has 0 radical (unpaired) electrons. The van der Waals surface area contributed by atoms with Crippen LogP contribution in [0.4, 0.5) is 0 Å². The Labute approximate surface area is 171 Å². The highest BCUT2D eigenvalue weighted by Gasteiger charge is 2.16. The standard InChI is InChI=1S/C17H15BrN6OS2/c1-8-9(2)27-16-13(8)15(25)20-12(21-16)7-26-17-23-22-14(24(17)19)10-5-3-4-6-11(10)18/h3-6H,7,19H2,1-2H3,(H,20,21,25). The lowest BCUT2D eigenvalue weighted by Crippen LogP contribution is -2.13. The van der Waals surface area contributed by atoms with Crippen LogP contribution in [0.25, 0.3) is 21.6 Å². The number of fused-ring (bicyclic) bond motifs is 1. The Morgan fingerprint density at radius 2 is 2.07 bits per heavy atom. The van der Waals surface area contributed by atoms with Gasteiger partial charge in [-0.25, -0.2) is 9.66 Å². The van der Waals surface area contributed by atoms with Gasteiger partial charge in [0.1, 0.15) is 10.7 Å². The Kier molecular flexibility index (Phi) is 4.79. The van der Waals surface area contributed by atoms with E-state index in [0.717, 1.165) is 25.3 Å². The molecule has 3 heterocycles. The van der Waals surface area contributed by atoms with Crippen molar-refractivity contribution < 1.29 is 0 Å². The normalized spacial score (nSPS) is 11.4. The number of halogens is 1. The summed E-state index contributed by atoms with van der Waals surface area (Å²) in [5, 5.41) is 9.57. The predicted octanol–water partition coefficient (Wildman–Crippen LogP) is 3.63. The summed E-state index contributed by atoms with van der Waals surface area (Å²) in [6.45, 7) is 3.94. The van der Waals surface area contributed by atoms with Crippen molar-refractivity contribution >= 4 is 49.2 Å². The van der Waals surface area contributed by atoms with Gasteiger partial charge in [-0.2, -0.15) is 0 Å². The van der Waals surface area contributed by atoms with Gasteiger partial charge in [-0.3, -0.25) is 4.79 Å². The summed E-state index contributed by atoms with van der Waals surface area (Å²) in [6, 6.07) is 7.68. The van der Waals surface area contributed by atoms with Gasteiger partial charge in [-0.1, -0.05) is 39.8 Å². The maximum atomic E-state index is 12.4. The van der Waals surface area contributed by atoms with Crippen LogP contribution in [0.15, 0.2) is 38.7 Å². The van der Waals surface area contributed by atoms with Crippen LogP contribution in [-0.2, 0) is 5.75 Å². The summed E-state index contributed by atoms with van der Waals surface area (Å²) < 4.78 is 2.33. The van der Waals surface area contributed by atoms with E-state index in [9.17, 15) is 4.79 Å². The molecule has 3 aromatic heterocycles. The van der Waals surface area contributed by atoms with Crippen LogP contribution in [-0.4, -0.2) is 24.8 Å². The van der Waals surface area contributed by atoms with Crippen LogP contribution in [0, 0.1) is 13.8 Å². The largest absolute Gasteiger partial charge is 0.335 e. The van der Waals surface area contributed by atoms with Crippen molar-refractivity contribution in [2.45, 2.75) is 24.8 Å². The molecule has 0 aliphatic carbocycles. The van der Waals surface area contributed by atoms with E-state index in [-0.39, 0.29) is 5.56 Å². The summed E-state index contributed by atoms with van der Waals surface area (Å²) >= 11 is 6.40. The van der Waals surface area contributed by atoms with Crippen molar-refractivity contribution in [3.8, 4) is 11.4 Å². The molecule has 4 rings (SSSR count). The van der Waals surface area contributed by atoms with Crippen molar-refractivity contribution in [1.82, 2.24) is 24.8 Å². The van der Waals surface area contributed by atoms with Crippen LogP contribution in [0.3, 0.4) is 0 Å². The fraction of sp³-hybridized carbons (Fsp3) is 0.176. The summed E-state index contributed by atoms with van der Waals surface area (Å²) in [4.78, 5) is 21.7. The monoisotopic (exact) mass is 462 g/mol. The molecule has 0 fully saturated rings. The number of aromatic amines is 1. The number of hydrogen-bond donors (Lipinski definition) is 2. The zero-order chi connectivity index (χ0) is 19.1. The van der Waals surface area contributed by atoms with E-state index in [0.29, 0.717) is 27.9 Å². The molecular weight excluding hydrogens is 448 g/mol. The number of aromatic nitrogens is 5. The lowest BCUT2D eigenvalue weighted by molar-refractivity contribution is 0.847. The smallest absolute Gasteiger partial charge is 0.259 e. The molecule has 0 spiro atoms. The number of rotatable bonds is 4. The zero-order valence-electron chi connectivity index (χ0n) is 14.5. The minimum atomic E-state index is -0.111. The van der Waals surface area contributed by atoms with E-state index in [1.165, 1.54) is 27.8 Å². The van der Waals surface area contributed by atoms with E-state index >= 15 is 0 Å². The quantitative estimate of drug-likeness (QED) is 0.354. The van der Waals surface area contributed by atoms with Gasteiger partial charge >= 0.3 is 0 Å². The van der Waals surface area contributed by atoms with Crippen molar-refractivity contribution in [1.29, 1.82) is 0 Å². The number of nitrogen functional groups attached to an aromatic ring is 1. The van der Waals surface area contributed by atoms with Crippen molar-refractivity contribution in [2.75, 3.05) is 5.84 Å². The molecule has 0 saturated carbocycles. The van der Waals surface area contributed by atoms with Gasteiger partial charge in [-0.15, -0.1) is 21.5 Å². The maximum Gasteiger partial charge on any atom is 0.259 e. The first-order chi connectivity index (χ1) is 13.0. The molecule has 0 saturated heterocycles. The van der Waals surface area contributed by atoms with Gasteiger partial charge in [0.15, 0.2) is 5.82 Å². The van der Waals surface area contributed by atoms with E-state index in [1.807, 2.05) is 38.1 Å². The number of thioether (sulfide) groups is 1. The second-order valence-corrected chi connectivity index (χ2v) is 8.92. The molecule has 27 heavy (non-hydrogen) atoms. The number of nitrogens with two attached hydrogens (primary N) is 1. The Morgan fingerprint density at radius 3 is 2.85 bits per heavy atom. The van der Waals surface area contributed by atoms with Crippen LogP contribution in [0.1, 0.15) is 16.3 Å². The van der Waals surface area contributed by atoms with Gasteiger partial charge in [-0.05, 0) is 31.5 Å². The molecule has 0 atom stereocenters. The van der Waals surface area contributed by atoms with Gasteiger partial charge in [0.25, 0.3) is 5.56 Å². The number of hydrogen-bond acceptors (Lipinski definition) is 7. The van der Waals surface area contributed by atoms with E-state index in [1.54, 1.807) is 0 Å². The molecular formula is C17H15BrN6OS2. The van der Waals surface area contributed by atoms with E-state index < -0.39 is 0 Å². The van der Waals surface area contributed by atoms with E-state index in [4.69, 9.17) is 5.84 Å². The highest BCUT2D eigenvalue weighted by molar-refractivity contribution is 9.10. The molecule has 7 nitrogen and oxygen atoms in total. The third-order valence-electron chi connectivity index (χ3n) is 4.21. The Bertz CT molecular complexity index is 1210. The molecule has 0 aliphatic heterocycles. The topological polar surface area (TPSA) is 102 Å². The second kappa shape index (κ2) is 7.10. The summed E-state index contributed by atoms with van der Waals surface area (Å²) in [6.07, 6.45) is 0. The van der Waals surface area contributed by atoms with Gasteiger partial charge in [0, 0.05) is 14.9 Å². The summed E-state index contributed by atoms with van der Waals surface area (Å²) in [5.41, 5.74) is 1.74. The Balaban J connectivity index is 1.61. The number of benzene rings is 1. The first-order valence-electron chi connectivity index (χ1n) is 8.02. The fourth-order valence-corrected chi connectivity index (χ4v) is 4.94. The second-order valence-electron chi connectivity index (χ2n) is 5.92. The molecule has 10 heteroatoms. The minimum Gasteiger partial charge on any atom is -0.335 e. The molecule has 3 N–H and O–H groups in total. The molecule has 0 aliphatic rings. The first-order valence-corrected chi connectivity index (χ1v) is 10.6. The van der Waals surface area contributed by atoms with Crippen molar-refractivity contribution in [3.63, 3.8) is 0 Å². The Hall–Kier alpha value is -2.17. The SMILES string of the molecule is Cc1sc2nc(CSc3nnc(-c4ccccc4Br)n3N)[nH]c(=O)c2c1C. The number of nitrogens with zero attached hydrogens (tertiary/aromatic N) is 4. The van der Waals surface area contributed by atoms with Gasteiger partial charge in [0.05, 0.1) is 11.1 Å². The minimum absolute atomic E-state index is 0.111. The molecule has 0 bridgehead atoms. The number of aryl methyl sites for hydroxylation is 2. The van der Waals surface area contributed by atoms with Gasteiger partial charge in [0.2, 0.25) is 5.16 Å². The highest BCUT2D eigenvalue weighted by atomic mass is 79.9. The van der Waals surface area contributed by atoms with Crippen LogP contribution in [0.5, 0.6) is 0 Å². The van der Waals surface area contributed by atoms with Crippen LogP contribution >= 0.6 is 39.0 Å². The number of thiophene rings is 1. The molecule has 0 unspecified atom stereocenters. The molecule has 1 aromatic carbocycles. The lowest BCUT2D eigenvalue weighted by atomic mass is 10.2. The van der Waals surface area contributed by atoms with Crippen LogP contribution in [0.2, 0.25) is 0 Å². The van der Waals surface area contributed by atoms with Crippen molar-refractivity contribution in [3.05, 3.63) is 55.4 Å². The average molecular weight is 463 g/mol. The third kappa shape index (κ3) is 3.28. The van der Waals surface area contributed by atoms with Gasteiger partial charge < -0.3 is 10.8 Å². The predicted molar refractivity (Wildman–Crippen MR) is 113 cm³/mol.